The largest absolute Gasteiger partial charge is 0.437 e. The molecule has 30 heavy (non-hydrogen) atoms. The topological polar surface area (TPSA) is 38.9 Å². The summed E-state index contributed by atoms with van der Waals surface area (Å²) < 4.78 is 46.5. The van der Waals surface area contributed by atoms with E-state index in [1.807, 2.05) is 38.1 Å². The van der Waals surface area contributed by atoms with Crippen molar-refractivity contribution in [3.8, 4) is 22.4 Å². The van der Waals surface area contributed by atoms with Crippen LogP contribution < -0.4 is 0 Å². The molecule has 0 aliphatic rings. The molecule has 0 saturated carbocycles. The molecule has 0 spiro atoms. The van der Waals surface area contributed by atoms with Crippen LogP contribution >= 0.6 is 0 Å². The van der Waals surface area contributed by atoms with Gasteiger partial charge in [0.25, 0.3) is 0 Å². The van der Waals surface area contributed by atoms with E-state index in [1.54, 1.807) is 12.1 Å². The molecule has 0 fully saturated rings. The van der Waals surface area contributed by atoms with Gasteiger partial charge in [0.2, 0.25) is 5.71 Å². The highest BCUT2D eigenvalue weighted by atomic mass is 19.2. The first-order chi connectivity index (χ1) is 14.4. The molecule has 3 aromatic heterocycles. The SMILES string of the molecule is Cc1ccc2c(n1)oc1c(-c3ccc(-c4cc(F)c(F)c(F)c4)cn3)c(C)ccc12. The van der Waals surface area contributed by atoms with Gasteiger partial charge in [0.05, 0.1) is 5.69 Å². The Kier molecular flexibility index (Phi) is 4.10. The summed E-state index contributed by atoms with van der Waals surface area (Å²) in [5, 5.41) is 1.86. The highest BCUT2D eigenvalue weighted by Gasteiger charge is 2.17. The van der Waals surface area contributed by atoms with Gasteiger partial charge in [-0.05, 0) is 55.3 Å². The minimum absolute atomic E-state index is 0.212. The number of hydrogen-bond donors (Lipinski definition) is 0. The molecule has 0 N–H and O–H groups in total. The van der Waals surface area contributed by atoms with Gasteiger partial charge >= 0.3 is 0 Å². The lowest BCUT2D eigenvalue weighted by atomic mass is 10.00. The van der Waals surface area contributed by atoms with E-state index in [4.69, 9.17) is 4.42 Å². The van der Waals surface area contributed by atoms with E-state index in [-0.39, 0.29) is 5.56 Å². The summed E-state index contributed by atoms with van der Waals surface area (Å²) >= 11 is 0. The highest BCUT2D eigenvalue weighted by Crippen LogP contribution is 2.37. The summed E-state index contributed by atoms with van der Waals surface area (Å²) in [6, 6.07) is 13.3. The summed E-state index contributed by atoms with van der Waals surface area (Å²) in [6.45, 7) is 3.86. The maximum Gasteiger partial charge on any atom is 0.227 e. The third-order valence-corrected chi connectivity index (χ3v) is 5.19. The number of furan rings is 1. The normalized spacial score (nSPS) is 11.5. The van der Waals surface area contributed by atoms with E-state index in [1.165, 1.54) is 6.20 Å². The second kappa shape index (κ2) is 6.69. The molecule has 3 heterocycles. The van der Waals surface area contributed by atoms with Crippen LogP contribution in [0, 0.1) is 31.3 Å². The zero-order chi connectivity index (χ0) is 21.0. The third-order valence-electron chi connectivity index (χ3n) is 5.19. The Bertz CT molecular complexity index is 1420. The molecule has 0 amide bonds. The van der Waals surface area contributed by atoms with Crippen molar-refractivity contribution in [2.24, 2.45) is 0 Å². The first-order valence-corrected chi connectivity index (χ1v) is 9.33. The summed E-state index contributed by atoms with van der Waals surface area (Å²) in [5.41, 5.74) is 5.24. The van der Waals surface area contributed by atoms with E-state index in [9.17, 15) is 13.2 Å². The second-order valence-electron chi connectivity index (χ2n) is 7.23. The lowest BCUT2D eigenvalue weighted by Gasteiger charge is -2.08. The van der Waals surface area contributed by atoms with Crippen molar-refractivity contribution in [3.05, 3.63) is 83.4 Å². The molecule has 2 aromatic carbocycles. The van der Waals surface area contributed by atoms with Gasteiger partial charge in [-0.3, -0.25) is 4.98 Å². The predicted molar refractivity (Wildman–Crippen MR) is 110 cm³/mol. The summed E-state index contributed by atoms with van der Waals surface area (Å²) in [5.74, 6) is -3.96. The molecule has 0 atom stereocenters. The molecular weight excluding hydrogens is 389 g/mol. The zero-order valence-electron chi connectivity index (χ0n) is 16.1. The number of pyridine rings is 2. The molecule has 0 aliphatic carbocycles. The van der Waals surface area contributed by atoms with Crippen molar-refractivity contribution in [3.63, 3.8) is 0 Å². The number of halogens is 3. The van der Waals surface area contributed by atoms with Gasteiger partial charge in [-0.25, -0.2) is 18.2 Å². The first-order valence-electron chi connectivity index (χ1n) is 9.33. The van der Waals surface area contributed by atoms with Crippen molar-refractivity contribution >= 4 is 22.1 Å². The Labute approximate surface area is 169 Å². The monoisotopic (exact) mass is 404 g/mol. The lowest BCUT2D eigenvalue weighted by Crippen LogP contribution is -1.93. The van der Waals surface area contributed by atoms with Crippen molar-refractivity contribution in [2.45, 2.75) is 13.8 Å². The van der Waals surface area contributed by atoms with Gasteiger partial charge in [0.1, 0.15) is 5.58 Å². The summed E-state index contributed by atoms with van der Waals surface area (Å²) in [4.78, 5) is 8.95. The lowest BCUT2D eigenvalue weighted by molar-refractivity contribution is 0.447. The quantitative estimate of drug-likeness (QED) is 0.306. The maximum absolute atomic E-state index is 13.6. The molecule has 0 aliphatic heterocycles. The fraction of sp³-hybridized carbons (Fsp3) is 0.0833. The Morgan fingerprint density at radius 3 is 2.23 bits per heavy atom. The molecule has 0 saturated heterocycles. The molecule has 5 aromatic rings. The Hall–Kier alpha value is -3.67. The molecule has 0 radical (unpaired) electrons. The number of aryl methyl sites for hydroxylation is 2. The minimum atomic E-state index is -1.49. The first kappa shape index (κ1) is 18.4. The number of benzene rings is 2. The van der Waals surface area contributed by atoms with Gasteiger partial charge in [-0.15, -0.1) is 0 Å². The van der Waals surface area contributed by atoms with Crippen molar-refractivity contribution in [2.75, 3.05) is 0 Å². The van der Waals surface area contributed by atoms with Crippen LogP contribution in [0.1, 0.15) is 11.3 Å². The average Bonchev–Trinajstić information content (AvgIpc) is 3.09. The summed E-state index contributed by atoms with van der Waals surface area (Å²) in [6.07, 6.45) is 1.50. The molecular formula is C24H15F3N2O. The fourth-order valence-corrected chi connectivity index (χ4v) is 3.66. The average molecular weight is 404 g/mol. The molecule has 3 nitrogen and oxygen atoms in total. The predicted octanol–water partition coefficient (Wildman–Crippen LogP) is 6.74. The van der Waals surface area contributed by atoms with Crippen LogP contribution in [0.3, 0.4) is 0 Å². The van der Waals surface area contributed by atoms with Crippen LogP contribution in [0.2, 0.25) is 0 Å². The standard InChI is InChI=1S/C24H15F3N2O/c1-12-3-6-16-17-7-4-13(2)29-24(17)30-23(16)21(12)20-8-5-14(11-28-20)15-9-18(25)22(27)19(26)10-15/h3-11H,1-2H3. The smallest absolute Gasteiger partial charge is 0.227 e. The Morgan fingerprint density at radius 1 is 0.800 bits per heavy atom. The van der Waals surface area contributed by atoms with E-state index in [2.05, 4.69) is 9.97 Å². The number of aromatic nitrogens is 2. The van der Waals surface area contributed by atoms with Crippen LogP contribution in [0.25, 0.3) is 44.5 Å². The van der Waals surface area contributed by atoms with Crippen molar-refractivity contribution < 1.29 is 17.6 Å². The van der Waals surface area contributed by atoms with Crippen molar-refractivity contribution in [1.82, 2.24) is 9.97 Å². The van der Waals surface area contributed by atoms with Gasteiger partial charge < -0.3 is 4.42 Å². The minimum Gasteiger partial charge on any atom is -0.437 e. The number of fused-ring (bicyclic) bond motifs is 3. The van der Waals surface area contributed by atoms with Crippen LogP contribution in [-0.4, -0.2) is 9.97 Å². The second-order valence-corrected chi connectivity index (χ2v) is 7.23. The number of nitrogens with zero attached hydrogens (tertiary/aromatic N) is 2. The van der Waals surface area contributed by atoms with E-state index in [0.717, 1.165) is 39.7 Å². The van der Waals surface area contributed by atoms with Crippen LogP contribution in [-0.2, 0) is 0 Å². The molecule has 5 rings (SSSR count). The summed E-state index contributed by atoms with van der Waals surface area (Å²) in [7, 11) is 0. The van der Waals surface area contributed by atoms with Gasteiger partial charge in [-0.2, -0.15) is 0 Å². The van der Waals surface area contributed by atoms with E-state index in [0.29, 0.717) is 22.6 Å². The van der Waals surface area contributed by atoms with Gasteiger partial charge in [-0.1, -0.05) is 18.2 Å². The zero-order valence-corrected chi connectivity index (χ0v) is 16.1. The van der Waals surface area contributed by atoms with Gasteiger partial charge in [0.15, 0.2) is 17.5 Å². The van der Waals surface area contributed by atoms with E-state index < -0.39 is 17.5 Å². The van der Waals surface area contributed by atoms with Gasteiger partial charge in [0, 0.05) is 33.8 Å². The Balaban J connectivity index is 1.66. The fourth-order valence-electron chi connectivity index (χ4n) is 3.66. The van der Waals surface area contributed by atoms with Crippen LogP contribution in [0.15, 0.2) is 59.1 Å². The Morgan fingerprint density at radius 2 is 1.53 bits per heavy atom. The molecule has 6 heteroatoms. The van der Waals surface area contributed by atoms with Crippen LogP contribution in [0.4, 0.5) is 13.2 Å². The number of rotatable bonds is 2. The number of hydrogen-bond acceptors (Lipinski definition) is 3. The molecule has 0 bridgehead atoms. The van der Waals surface area contributed by atoms with Crippen LogP contribution in [0.5, 0.6) is 0 Å². The molecule has 148 valence electrons. The maximum atomic E-state index is 13.6. The highest BCUT2D eigenvalue weighted by molar-refractivity contribution is 6.09. The third kappa shape index (κ3) is 2.84. The molecule has 0 unspecified atom stereocenters. The van der Waals surface area contributed by atoms with E-state index >= 15 is 0 Å². The van der Waals surface area contributed by atoms with Crippen molar-refractivity contribution in [1.29, 1.82) is 0 Å².